The highest BCUT2D eigenvalue weighted by molar-refractivity contribution is 6.00. The average Bonchev–Trinajstić information content (AvgIpc) is 3.61. The molecule has 0 spiro atoms. The SMILES string of the molecule is COc1ccc([C@@H](OC)C(=O)N2[C@@H](C(=O)Nc3nn(-c4ccc(F)cc4)cc3-c3ccccc3)CC[C@@H]2C)cc1OC. The Morgan fingerprint density at radius 1 is 0.952 bits per heavy atom. The van der Waals surface area contributed by atoms with Crippen LogP contribution in [0.15, 0.2) is 79.0 Å². The number of halogens is 1. The van der Waals surface area contributed by atoms with Crippen molar-refractivity contribution in [3.63, 3.8) is 0 Å². The molecular weight excluding hydrogens is 539 g/mol. The third-order valence-corrected chi connectivity index (χ3v) is 7.53. The van der Waals surface area contributed by atoms with Gasteiger partial charge in [-0.25, -0.2) is 9.07 Å². The molecule has 1 aliphatic heterocycles. The number of ether oxygens (including phenoxy) is 3. The molecule has 1 aromatic heterocycles. The predicted octanol–water partition coefficient (Wildman–Crippen LogP) is 5.40. The molecule has 0 bridgehead atoms. The van der Waals surface area contributed by atoms with Gasteiger partial charge in [0.25, 0.3) is 5.91 Å². The normalized spacial score (nSPS) is 17.1. The Balaban J connectivity index is 1.43. The van der Waals surface area contributed by atoms with Crippen molar-refractivity contribution in [3.8, 4) is 28.3 Å². The lowest BCUT2D eigenvalue weighted by Gasteiger charge is -2.31. The van der Waals surface area contributed by atoms with Gasteiger partial charge in [0.2, 0.25) is 5.91 Å². The molecule has 2 heterocycles. The molecule has 1 saturated heterocycles. The maximum atomic E-state index is 13.9. The smallest absolute Gasteiger partial charge is 0.257 e. The number of benzene rings is 3. The van der Waals surface area contributed by atoms with E-state index in [0.29, 0.717) is 47.0 Å². The number of hydrogen-bond acceptors (Lipinski definition) is 6. The molecule has 0 unspecified atom stereocenters. The molecule has 5 rings (SSSR count). The van der Waals surface area contributed by atoms with E-state index in [4.69, 9.17) is 14.2 Å². The van der Waals surface area contributed by atoms with Gasteiger partial charge in [0, 0.05) is 24.9 Å². The predicted molar refractivity (Wildman–Crippen MR) is 156 cm³/mol. The standard InChI is InChI=1S/C32H33FN4O5/c1-20-10-16-26(37(20)32(39)29(42-4)22-11-17-27(40-2)28(18-22)41-3)31(38)34-30-25(21-8-6-5-7-9-21)19-36(35-30)24-14-12-23(33)13-15-24/h5-9,11-15,17-20,26,29H,10,16H2,1-4H3,(H,34,35,38)/t20-,26+,29+/m0/s1. The van der Waals surface area contributed by atoms with Crippen molar-refractivity contribution in [1.82, 2.24) is 14.7 Å². The Labute approximate surface area is 243 Å². The first kappa shape index (κ1) is 28.8. The number of carbonyl (C=O) groups is 2. The van der Waals surface area contributed by atoms with Gasteiger partial charge >= 0.3 is 0 Å². The first-order valence-electron chi connectivity index (χ1n) is 13.6. The van der Waals surface area contributed by atoms with Crippen LogP contribution in [-0.2, 0) is 14.3 Å². The highest BCUT2D eigenvalue weighted by Gasteiger charge is 2.42. The Kier molecular flexibility index (Phi) is 8.53. The zero-order valence-electron chi connectivity index (χ0n) is 23.9. The molecule has 9 nitrogen and oxygen atoms in total. The molecule has 4 aromatic rings. The number of nitrogens with zero attached hydrogens (tertiary/aromatic N) is 3. The van der Waals surface area contributed by atoms with Crippen molar-refractivity contribution in [2.75, 3.05) is 26.6 Å². The second kappa shape index (κ2) is 12.4. The number of amides is 2. The monoisotopic (exact) mass is 572 g/mol. The summed E-state index contributed by atoms with van der Waals surface area (Å²) >= 11 is 0. The molecule has 0 saturated carbocycles. The van der Waals surface area contributed by atoms with Gasteiger partial charge in [0.05, 0.1) is 19.9 Å². The van der Waals surface area contributed by atoms with Crippen LogP contribution in [0.2, 0.25) is 0 Å². The molecule has 3 aromatic carbocycles. The Morgan fingerprint density at radius 3 is 2.33 bits per heavy atom. The van der Waals surface area contributed by atoms with Gasteiger partial charge in [-0.05, 0) is 67.3 Å². The minimum Gasteiger partial charge on any atom is -0.493 e. The van der Waals surface area contributed by atoms with Crippen LogP contribution in [0.4, 0.5) is 10.2 Å². The van der Waals surface area contributed by atoms with Crippen molar-refractivity contribution < 1.29 is 28.2 Å². The summed E-state index contributed by atoms with van der Waals surface area (Å²) in [6.07, 6.45) is 1.98. The van der Waals surface area contributed by atoms with E-state index in [1.165, 1.54) is 33.5 Å². The fourth-order valence-corrected chi connectivity index (χ4v) is 5.36. The largest absolute Gasteiger partial charge is 0.493 e. The molecule has 3 atom stereocenters. The van der Waals surface area contributed by atoms with Crippen molar-refractivity contribution in [3.05, 3.63) is 90.4 Å². The van der Waals surface area contributed by atoms with Crippen LogP contribution in [0.5, 0.6) is 11.5 Å². The Bertz CT molecular complexity index is 1560. The first-order valence-corrected chi connectivity index (χ1v) is 13.6. The molecule has 1 fully saturated rings. The van der Waals surface area contributed by atoms with E-state index < -0.39 is 12.1 Å². The molecule has 2 amide bonds. The third-order valence-electron chi connectivity index (χ3n) is 7.53. The van der Waals surface area contributed by atoms with Gasteiger partial charge in [-0.3, -0.25) is 9.59 Å². The van der Waals surface area contributed by atoms with Crippen LogP contribution >= 0.6 is 0 Å². The second-order valence-electron chi connectivity index (χ2n) is 10.1. The van der Waals surface area contributed by atoms with Gasteiger partial charge in [-0.2, -0.15) is 0 Å². The van der Waals surface area contributed by atoms with Crippen LogP contribution in [0.3, 0.4) is 0 Å². The van der Waals surface area contributed by atoms with E-state index in [1.807, 2.05) is 37.3 Å². The number of hydrogen-bond donors (Lipinski definition) is 1. The number of methoxy groups -OCH3 is 3. The summed E-state index contributed by atoms with van der Waals surface area (Å²) in [6, 6.07) is 19.7. The van der Waals surface area contributed by atoms with Gasteiger partial charge in [-0.15, -0.1) is 5.10 Å². The number of nitrogens with one attached hydrogen (secondary N) is 1. The maximum Gasteiger partial charge on any atom is 0.257 e. The second-order valence-corrected chi connectivity index (χ2v) is 10.1. The number of likely N-dealkylation sites (tertiary alicyclic amines) is 1. The van der Waals surface area contributed by atoms with Crippen LogP contribution in [0, 0.1) is 5.82 Å². The number of anilines is 1. The summed E-state index contributed by atoms with van der Waals surface area (Å²) < 4.78 is 31.5. The lowest BCUT2D eigenvalue weighted by atomic mass is 10.1. The van der Waals surface area contributed by atoms with Crippen LogP contribution in [0.1, 0.15) is 31.4 Å². The van der Waals surface area contributed by atoms with E-state index in [9.17, 15) is 14.0 Å². The average molecular weight is 573 g/mol. The first-order chi connectivity index (χ1) is 20.3. The van der Waals surface area contributed by atoms with Crippen molar-refractivity contribution in [2.24, 2.45) is 0 Å². The van der Waals surface area contributed by atoms with E-state index in [2.05, 4.69) is 10.4 Å². The third kappa shape index (κ3) is 5.71. The Hall–Kier alpha value is -4.70. The summed E-state index contributed by atoms with van der Waals surface area (Å²) in [7, 11) is 4.52. The van der Waals surface area contributed by atoms with E-state index in [-0.39, 0.29) is 23.7 Å². The molecular formula is C32H33FN4O5. The lowest BCUT2D eigenvalue weighted by Crippen LogP contribution is -2.48. The number of carbonyl (C=O) groups excluding carboxylic acids is 2. The highest BCUT2D eigenvalue weighted by Crippen LogP contribution is 2.35. The highest BCUT2D eigenvalue weighted by atomic mass is 19.1. The fourth-order valence-electron chi connectivity index (χ4n) is 5.36. The molecule has 218 valence electrons. The summed E-state index contributed by atoms with van der Waals surface area (Å²) in [5, 5.41) is 7.60. The van der Waals surface area contributed by atoms with Crippen molar-refractivity contribution in [2.45, 2.75) is 38.0 Å². The Morgan fingerprint density at radius 2 is 1.67 bits per heavy atom. The minimum atomic E-state index is -0.946. The van der Waals surface area contributed by atoms with Gasteiger partial charge < -0.3 is 24.4 Å². The molecule has 0 aliphatic carbocycles. The lowest BCUT2D eigenvalue weighted by molar-refractivity contribution is -0.148. The van der Waals surface area contributed by atoms with Gasteiger partial charge in [0.1, 0.15) is 11.9 Å². The molecule has 0 radical (unpaired) electrons. The van der Waals surface area contributed by atoms with Crippen LogP contribution < -0.4 is 14.8 Å². The van der Waals surface area contributed by atoms with Gasteiger partial charge in [0.15, 0.2) is 23.4 Å². The molecule has 1 aliphatic rings. The zero-order chi connectivity index (χ0) is 29.8. The maximum absolute atomic E-state index is 13.9. The van der Waals surface area contributed by atoms with E-state index in [0.717, 1.165) is 5.56 Å². The van der Waals surface area contributed by atoms with Crippen molar-refractivity contribution in [1.29, 1.82) is 0 Å². The van der Waals surface area contributed by atoms with Crippen LogP contribution in [0.25, 0.3) is 16.8 Å². The summed E-state index contributed by atoms with van der Waals surface area (Å²) in [5.74, 6) is 0.311. The fraction of sp³-hybridized carbons (Fsp3) is 0.281. The molecule has 1 N–H and O–H groups in total. The zero-order valence-corrected chi connectivity index (χ0v) is 23.9. The minimum absolute atomic E-state index is 0.184. The molecule has 10 heteroatoms. The van der Waals surface area contributed by atoms with Crippen LogP contribution in [-0.4, -0.2) is 59.9 Å². The summed E-state index contributed by atoms with van der Waals surface area (Å²) in [5.41, 5.74) is 2.76. The van der Waals surface area contributed by atoms with Crippen molar-refractivity contribution >= 4 is 17.6 Å². The van der Waals surface area contributed by atoms with E-state index in [1.54, 1.807) is 46.1 Å². The van der Waals surface area contributed by atoms with Gasteiger partial charge in [-0.1, -0.05) is 36.4 Å². The van der Waals surface area contributed by atoms with E-state index >= 15 is 0 Å². The molecule has 42 heavy (non-hydrogen) atoms. The summed E-state index contributed by atoms with van der Waals surface area (Å²) in [4.78, 5) is 29.3. The summed E-state index contributed by atoms with van der Waals surface area (Å²) in [6.45, 7) is 1.92. The number of rotatable bonds is 9. The number of aromatic nitrogens is 2. The topological polar surface area (TPSA) is 94.9 Å². The quantitative estimate of drug-likeness (QED) is 0.289.